The van der Waals surface area contributed by atoms with E-state index < -0.39 is 0 Å². The summed E-state index contributed by atoms with van der Waals surface area (Å²) in [5.74, 6) is 0.869. The zero-order valence-corrected chi connectivity index (χ0v) is 24.0. The monoisotopic (exact) mass is 582 g/mol. The van der Waals surface area contributed by atoms with Crippen LogP contribution >= 0.6 is 55.0 Å². The number of thioether (sulfide) groups is 1. The van der Waals surface area contributed by atoms with E-state index in [0.717, 1.165) is 15.8 Å². The summed E-state index contributed by atoms with van der Waals surface area (Å²) in [6.07, 6.45) is 1.79. The van der Waals surface area contributed by atoms with Gasteiger partial charge in [-0.1, -0.05) is 65.8 Å². The highest BCUT2D eigenvalue weighted by atomic mass is 79.9. The number of carbonyl (C=O) groups is 1. The lowest BCUT2D eigenvalue weighted by Gasteiger charge is -2.17. The fraction of sp³-hybridized carbons (Fsp3) is 0.423. The smallest absolute Gasteiger partial charge is 0.143 e. The SMILES string of the molecule is CC(C)(C)CC(=O)CSc1ccccc1Br.CC(C)(C)Cc1csc2c(Br)cccc12. The van der Waals surface area contributed by atoms with Crippen molar-refractivity contribution >= 4 is 70.8 Å². The minimum atomic E-state index is 0.0889. The van der Waals surface area contributed by atoms with Crippen LogP contribution in [0.1, 0.15) is 53.5 Å². The van der Waals surface area contributed by atoms with Crippen LogP contribution in [0.25, 0.3) is 10.1 Å². The summed E-state index contributed by atoms with van der Waals surface area (Å²) in [7, 11) is 0. The molecule has 2 aromatic carbocycles. The maximum Gasteiger partial charge on any atom is 0.143 e. The van der Waals surface area contributed by atoms with Gasteiger partial charge in [0, 0.05) is 25.0 Å². The Balaban J connectivity index is 0.000000220. The number of rotatable bonds is 5. The lowest BCUT2D eigenvalue weighted by atomic mass is 9.88. The molecule has 0 radical (unpaired) electrons. The zero-order valence-electron chi connectivity index (χ0n) is 19.2. The zero-order chi connectivity index (χ0) is 23.2. The van der Waals surface area contributed by atoms with Crippen LogP contribution in [0, 0.1) is 10.8 Å². The molecule has 1 heterocycles. The lowest BCUT2D eigenvalue weighted by Crippen LogP contribution is -2.14. The summed E-state index contributed by atoms with van der Waals surface area (Å²) in [6, 6.07) is 14.4. The Morgan fingerprint density at radius 2 is 1.55 bits per heavy atom. The molecule has 0 atom stereocenters. The van der Waals surface area contributed by atoms with Crippen molar-refractivity contribution < 1.29 is 4.79 Å². The Hall–Kier alpha value is -0.620. The number of hydrogen-bond acceptors (Lipinski definition) is 3. The van der Waals surface area contributed by atoms with Crippen LogP contribution in [0.4, 0.5) is 0 Å². The van der Waals surface area contributed by atoms with E-state index in [1.807, 2.05) is 35.6 Å². The van der Waals surface area contributed by atoms with Gasteiger partial charge in [-0.3, -0.25) is 4.79 Å². The van der Waals surface area contributed by atoms with Crippen molar-refractivity contribution in [2.45, 2.75) is 59.3 Å². The molecular weight excluding hydrogens is 552 g/mol. The highest BCUT2D eigenvalue weighted by molar-refractivity contribution is 9.11. The van der Waals surface area contributed by atoms with Crippen LogP contribution in [-0.2, 0) is 11.2 Å². The van der Waals surface area contributed by atoms with Crippen molar-refractivity contribution in [3.05, 3.63) is 62.4 Å². The maximum atomic E-state index is 11.7. The van der Waals surface area contributed by atoms with Gasteiger partial charge in [0.05, 0.1) is 5.75 Å². The molecular formula is C26H32Br2OS2. The van der Waals surface area contributed by atoms with Crippen molar-refractivity contribution in [1.82, 2.24) is 0 Å². The summed E-state index contributed by atoms with van der Waals surface area (Å²) >= 11 is 10.5. The van der Waals surface area contributed by atoms with Gasteiger partial charge in [-0.2, -0.15) is 0 Å². The Kier molecular flexibility index (Phi) is 9.87. The van der Waals surface area contributed by atoms with Gasteiger partial charge in [0.1, 0.15) is 5.78 Å². The third kappa shape index (κ3) is 9.41. The Labute approximate surface area is 212 Å². The van der Waals surface area contributed by atoms with Crippen molar-refractivity contribution in [3.63, 3.8) is 0 Å². The minimum absolute atomic E-state index is 0.0889. The lowest BCUT2D eigenvalue weighted by molar-refractivity contribution is -0.118. The van der Waals surface area contributed by atoms with Crippen molar-refractivity contribution in [3.8, 4) is 0 Å². The Morgan fingerprint density at radius 3 is 2.16 bits per heavy atom. The molecule has 0 saturated heterocycles. The summed E-state index contributed by atoms with van der Waals surface area (Å²) in [5.41, 5.74) is 1.92. The molecule has 3 aromatic rings. The number of Topliss-reactive ketones (excluding diaryl/α,β-unsaturated/α-hetero) is 1. The van der Waals surface area contributed by atoms with Gasteiger partial charge in [0.25, 0.3) is 0 Å². The molecule has 0 N–H and O–H groups in total. The topological polar surface area (TPSA) is 17.1 Å². The molecule has 5 heteroatoms. The van der Waals surface area contributed by atoms with E-state index in [2.05, 4.69) is 97.0 Å². The highest BCUT2D eigenvalue weighted by Crippen LogP contribution is 2.35. The number of benzene rings is 2. The van der Waals surface area contributed by atoms with Crippen molar-refractivity contribution in [2.75, 3.05) is 5.75 Å². The van der Waals surface area contributed by atoms with Crippen LogP contribution in [0.5, 0.6) is 0 Å². The summed E-state index contributed by atoms with van der Waals surface area (Å²) < 4.78 is 3.64. The standard InChI is InChI=1S/C13H17BrOS.C13H15BrS/c1-13(2,3)8-10(15)9-16-12-7-5-4-6-11(12)14;1-13(2,3)7-9-8-15-12-10(9)5-4-6-11(12)14/h4-7H,8-9H2,1-3H3;4-6,8H,7H2,1-3H3. The molecule has 0 aliphatic heterocycles. The highest BCUT2D eigenvalue weighted by Gasteiger charge is 2.16. The van der Waals surface area contributed by atoms with E-state index >= 15 is 0 Å². The third-order valence-electron chi connectivity index (χ3n) is 4.31. The van der Waals surface area contributed by atoms with E-state index in [1.165, 1.54) is 20.1 Å². The average molecular weight is 584 g/mol. The molecule has 0 saturated carbocycles. The van der Waals surface area contributed by atoms with E-state index in [4.69, 9.17) is 0 Å². The van der Waals surface area contributed by atoms with E-state index in [-0.39, 0.29) is 5.41 Å². The second kappa shape index (κ2) is 11.5. The van der Waals surface area contributed by atoms with E-state index in [1.54, 1.807) is 11.8 Å². The molecule has 168 valence electrons. The molecule has 0 amide bonds. The second-order valence-electron chi connectivity index (χ2n) is 10.1. The summed E-state index contributed by atoms with van der Waals surface area (Å²) in [4.78, 5) is 12.8. The van der Waals surface area contributed by atoms with Gasteiger partial charge in [-0.25, -0.2) is 0 Å². The molecule has 31 heavy (non-hydrogen) atoms. The average Bonchev–Trinajstić information content (AvgIpc) is 3.03. The largest absolute Gasteiger partial charge is 0.299 e. The first-order chi connectivity index (χ1) is 14.4. The number of thiophene rings is 1. The normalized spacial score (nSPS) is 11.9. The van der Waals surface area contributed by atoms with Gasteiger partial charge in [0.2, 0.25) is 0 Å². The Bertz CT molecular complexity index is 1010. The van der Waals surface area contributed by atoms with Crippen LogP contribution in [0.15, 0.2) is 61.7 Å². The first kappa shape index (κ1) is 26.6. The number of halogens is 2. The van der Waals surface area contributed by atoms with E-state index in [9.17, 15) is 4.79 Å². The van der Waals surface area contributed by atoms with Crippen LogP contribution in [-0.4, -0.2) is 11.5 Å². The summed E-state index contributed by atoms with van der Waals surface area (Å²) in [5, 5.41) is 3.70. The van der Waals surface area contributed by atoms with Crippen LogP contribution in [0.2, 0.25) is 0 Å². The molecule has 0 unspecified atom stereocenters. The predicted molar refractivity (Wildman–Crippen MR) is 147 cm³/mol. The fourth-order valence-corrected chi connectivity index (χ4v) is 6.20. The number of carbonyl (C=O) groups excluding carboxylic acids is 1. The van der Waals surface area contributed by atoms with Crippen molar-refractivity contribution in [1.29, 1.82) is 0 Å². The predicted octanol–water partition coefficient (Wildman–Crippen LogP) is 9.80. The first-order valence-electron chi connectivity index (χ1n) is 10.4. The number of fused-ring (bicyclic) bond motifs is 1. The molecule has 1 nitrogen and oxygen atoms in total. The number of ketones is 1. The van der Waals surface area contributed by atoms with Crippen LogP contribution in [0.3, 0.4) is 0 Å². The van der Waals surface area contributed by atoms with Crippen molar-refractivity contribution in [2.24, 2.45) is 10.8 Å². The summed E-state index contributed by atoms with van der Waals surface area (Å²) in [6.45, 7) is 13.1. The van der Waals surface area contributed by atoms with Gasteiger partial charge in [-0.05, 0) is 83.6 Å². The van der Waals surface area contributed by atoms with Gasteiger partial charge in [-0.15, -0.1) is 23.1 Å². The number of hydrogen-bond donors (Lipinski definition) is 0. The van der Waals surface area contributed by atoms with E-state index in [0.29, 0.717) is 23.4 Å². The maximum absolute atomic E-state index is 11.7. The van der Waals surface area contributed by atoms with Gasteiger partial charge >= 0.3 is 0 Å². The van der Waals surface area contributed by atoms with Crippen LogP contribution < -0.4 is 0 Å². The molecule has 0 aliphatic rings. The Morgan fingerprint density at radius 1 is 0.903 bits per heavy atom. The van der Waals surface area contributed by atoms with Gasteiger partial charge < -0.3 is 0 Å². The minimum Gasteiger partial charge on any atom is -0.299 e. The first-order valence-corrected chi connectivity index (χ1v) is 13.8. The molecule has 0 bridgehead atoms. The second-order valence-corrected chi connectivity index (χ2v) is 13.7. The molecule has 0 fully saturated rings. The fourth-order valence-electron chi connectivity index (χ4n) is 3.15. The molecule has 0 aliphatic carbocycles. The van der Waals surface area contributed by atoms with Gasteiger partial charge in [0.15, 0.2) is 0 Å². The third-order valence-corrected chi connectivity index (χ3v) is 8.39. The molecule has 0 spiro atoms. The molecule has 3 rings (SSSR count). The quantitative estimate of drug-likeness (QED) is 0.278. The molecule has 1 aromatic heterocycles.